The van der Waals surface area contributed by atoms with E-state index in [1.807, 2.05) is 13.8 Å². The van der Waals surface area contributed by atoms with Gasteiger partial charge >= 0.3 is 0 Å². The molecule has 0 heterocycles. The summed E-state index contributed by atoms with van der Waals surface area (Å²) >= 11 is 12.6. The third-order valence-electron chi connectivity index (χ3n) is 7.68. The van der Waals surface area contributed by atoms with Crippen LogP contribution in [0.25, 0.3) is 0 Å². The third kappa shape index (κ3) is 7.85. The fourth-order valence-electron chi connectivity index (χ4n) is 5.06. The number of anilines is 1. The number of nitrogens with one attached hydrogen (secondary N) is 1. The number of amides is 2. The summed E-state index contributed by atoms with van der Waals surface area (Å²) in [5.74, 6) is -0.827. The fraction of sp³-hybridized carbons (Fsp3) is 0.375. The van der Waals surface area contributed by atoms with E-state index in [4.69, 9.17) is 23.2 Å². The van der Waals surface area contributed by atoms with E-state index in [1.54, 1.807) is 61.5 Å². The van der Waals surface area contributed by atoms with Gasteiger partial charge in [-0.2, -0.15) is 0 Å². The minimum atomic E-state index is -4.13. The molecule has 1 aliphatic carbocycles. The molecule has 0 spiro atoms. The van der Waals surface area contributed by atoms with Gasteiger partial charge in [0.25, 0.3) is 10.0 Å². The van der Waals surface area contributed by atoms with Crippen LogP contribution in [0.5, 0.6) is 0 Å². The zero-order valence-electron chi connectivity index (χ0n) is 24.1. The summed E-state index contributed by atoms with van der Waals surface area (Å²) in [6.07, 6.45) is 5.03. The molecule has 0 aromatic heterocycles. The Balaban J connectivity index is 1.69. The van der Waals surface area contributed by atoms with Crippen molar-refractivity contribution < 1.29 is 18.0 Å². The highest BCUT2D eigenvalue weighted by Gasteiger charge is 2.33. The number of hydrogen-bond donors (Lipinski definition) is 1. The van der Waals surface area contributed by atoms with E-state index < -0.39 is 28.5 Å². The van der Waals surface area contributed by atoms with Crippen molar-refractivity contribution in [1.82, 2.24) is 10.2 Å². The van der Waals surface area contributed by atoms with Crippen molar-refractivity contribution >= 4 is 50.7 Å². The van der Waals surface area contributed by atoms with Crippen molar-refractivity contribution in [3.8, 4) is 0 Å². The molecule has 42 heavy (non-hydrogen) atoms. The van der Waals surface area contributed by atoms with Crippen LogP contribution in [-0.2, 0) is 26.2 Å². The van der Waals surface area contributed by atoms with E-state index in [1.165, 1.54) is 17.0 Å². The molecule has 1 saturated carbocycles. The van der Waals surface area contributed by atoms with E-state index in [-0.39, 0.29) is 23.4 Å². The van der Waals surface area contributed by atoms with E-state index in [2.05, 4.69) is 5.32 Å². The molecule has 1 fully saturated rings. The highest BCUT2D eigenvalue weighted by Crippen LogP contribution is 2.27. The lowest BCUT2D eigenvalue weighted by molar-refractivity contribution is -0.139. The summed E-state index contributed by atoms with van der Waals surface area (Å²) < 4.78 is 29.0. The summed E-state index contributed by atoms with van der Waals surface area (Å²) in [5.41, 5.74) is 2.80. The topological polar surface area (TPSA) is 86.8 Å². The zero-order valence-corrected chi connectivity index (χ0v) is 26.5. The zero-order chi connectivity index (χ0) is 30.4. The normalized spacial score (nSPS) is 14.7. The van der Waals surface area contributed by atoms with Gasteiger partial charge in [-0.15, -0.1) is 0 Å². The third-order valence-corrected chi connectivity index (χ3v) is 10.1. The fourth-order valence-corrected chi connectivity index (χ4v) is 6.94. The van der Waals surface area contributed by atoms with Crippen molar-refractivity contribution in [3.05, 3.63) is 93.5 Å². The largest absolute Gasteiger partial charge is 0.352 e. The van der Waals surface area contributed by atoms with Crippen molar-refractivity contribution in [2.24, 2.45) is 0 Å². The van der Waals surface area contributed by atoms with Crippen LogP contribution < -0.4 is 9.62 Å². The summed E-state index contributed by atoms with van der Waals surface area (Å²) in [6, 6.07) is 17.6. The molecule has 1 unspecified atom stereocenters. The van der Waals surface area contributed by atoms with Crippen LogP contribution in [0.4, 0.5) is 5.69 Å². The van der Waals surface area contributed by atoms with Gasteiger partial charge in [0, 0.05) is 22.6 Å². The first-order valence-corrected chi connectivity index (χ1v) is 16.3. The first kappa shape index (κ1) is 31.9. The molecule has 2 amide bonds. The van der Waals surface area contributed by atoms with Gasteiger partial charge in [0.1, 0.15) is 12.6 Å². The standard InChI is InChI=1S/C32H37Cl2N3O4S/c1-22-9-15-28(16-10-22)37(42(40,41)29-17-11-23(2)12-18-29)21-31(38)36(20-25-13-14-26(33)19-30(25)34)24(3)32(39)35-27-7-5-4-6-8-27/h9-19,24,27H,4-8,20-21H2,1-3H3,(H,35,39). The van der Waals surface area contributed by atoms with E-state index in [0.29, 0.717) is 21.3 Å². The van der Waals surface area contributed by atoms with Crippen LogP contribution in [-0.4, -0.2) is 43.8 Å². The molecule has 4 rings (SSSR count). The van der Waals surface area contributed by atoms with Gasteiger partial charge in [-0.1, -0.05) is 83.9 Å². The number of benzene rings is 3. The highest BCUT2D eigenvalue weighted by atomic mass is 35.5. The first-order valence-electron chi connectivity index (χ1n) is 14.2. The number of aryl methyl sites for hydroxylation is 2. The second-order valence-electron chi connectivity index (χ2n) is 10.9. The molecule has 3 aromatic carbocycles. The van der Waals surface area contributed by atoms with Gasteiger partial charge in [0.2, 0.25) is 11.8 Å². The second kappa shape index (κ2) is 13.9. The molecule has 1 aliphatic rings. The van der Waals surface area contributed by atoms with E-state index >= 15 is 0 Å². The Labute approximate surface area is 258 Å². The average molecular weight is 631 g/mol. The monoisotopic (exact) mass is 629 g/mol. The number of sulfonamides is 1. The lowest BCUT2D eigenvalue weighted by Gasteiger charge is -2.33. The van der Waals surface area contributed by atoms with Crippen molar-refractivity contribution in [1.29, 1.82) is 0 Å². The summed E-state index contributed by atoms with van der Waals surface area (Å²) in [5, 5.41) is 3.89. The molecule has 3 aromatic rings. The summed E-state index contributed by atoms with van der Waals surface area (Å²) in [4.78, 5) is 29.0. The number of carbonyl (C=O) groups is 2. The Bertz CT molecular complexity index is 1510. The first-order chi connectivity index (χ1) is 20.0. The van der Waals surface area contributed by atoms with Crippen LogP contribution >= 0.6 is 23.2 Å². The maximum absolute atomic E-state index is 14.1. The lowest BCUT2D eigenvalue weighted by atomic mass is 9.95. The number of halogens is 2. The summed E-state index contributed by atoms with van der Waals surface area (Å²) in [6.45, 7) is 4.92. The Morgan fingerprint density at radius 3 is 2.10 bits per heavy atom. The molecule has 1 N–H and O–H groups in total. The Kier molecular flexibility index (Phi) is 10.6. The Morgan fingerprint density at radius 2 is 1.50 bits per heavy atom. The molecule has 0 bridgehead atoms. The quantitative estimate of drug-likeness (QED) is 0.271. The Hall–Kier alpha value is -3.07. The van der Waals surface area contributed by atoms with Gasteiger partial charge in [0.15, 0.2) is 0 Å². The number of carbonyl (C=O) groups excluding carboxylic acids is 2. The minimum absolute atomic E-state index is 0.000403. The SMILES string of the molecule is Cc1ccc(N(CC(=O)N(Cc2ccc(Cl)cc2Cl)C(C)C(=O)NC2CCCCC2)S(=O)(=O)c2ccc(C)cc2)cc1. The number of nitrogens with zero attached hydrogens (tertiary/aromatic N) is 2. The van der Waals surface area contributed by atoms with Gasteiger partial charge in [0.05, 0.1) is 10.6 Å². The smallest absolute Gasteiger partial charge is 0.264 e. The molecule has 10 heteroatoms. The van der Waals surface area contributed by atoms with Crippen LogP contribution in [0.3, 0.4) is 0 Å². The van der Waals surface area contributed by atoms with Gasteiger partial charge in [-0.3, -0.25) is 13.9 Å². The molecule has 0 saturated heterocycles. The van der Waals surface area contributed by atoms with Gasteiger partial charge < -0.3 is 10.2 Å². The molecule has 7 nitrogen and oxygen atoms in total. The molecule has 1 atom stereocenters. The maximum Gasteiger partial charge on any atom is 0.264 e. The Morgan fingerprint density at radius 1 is 0.905 bits per heavy atom. The summed E-state index contributed by atoms with van der Waals surface area (Å²) in [7, 11) is -4.13. The number of rotatable bonds is 10. The van der Waals surface area contributed by atoms with Gasteiger partial charge in [-0.05, 0) is 75.6 Å². The second-order valence-corrected chi connectivity index (χ2v) is 13.6. The molecular weight excluding hydrogens is 593 g/mol. The maximum atomic E-state index is 14.1. The van der Waals surface area contributed by atoms with Crippen LogP contribution in [0.15, 0.2) is 71.6 Å². The van der Waals surface area contributed by atoms with Crippen LogP contribution in [0, 0.1) is 13.8 Å². The minimum Gasteiger partial charge on any atom is -0.352 e. The van der Waals surface area contributed by atoms with E-state index in [9.17, 15) is 18.0 Å². The predicted molar refractivity (Wildman–Crippen MR) is 168 cm³/mol. The molecule has 0 aliphatic heterocycles. The molecule has 224 valence electrons. The predicted octanol–water partition coefficient (Wildman–Crippen LogP) is 6.67. The van der Waals surface area contributed by atoms with Crippen molar-refractivity contribution in [3.63, 3.8) is 0 Å². The molecule has 0 radical (unpaired) electrons. The van der Waals surface area contributed by atoms with Crippen molar-refractivity contribution in [2.45, 2.75) is 76.4 Å². The van der Waals surface area contributed by atoms with Crippen LogP contribution in [0.1, 0.15) is 55.7 Å². The lowest BCUT2D eigenvalue weighted by Crippen LogP contribution is -2.53. The molecular formula is C32H37Cl2N3O4S. The number of hydrogen-bond acceptors (Lipinski definition) is 4. The van der Waals surface area contributed by atoms with E-state index in [0.717, 1.165) is 47.5 Å². The highest BCUT2D eigenvalue weighted by molar-refractivity contribution is 7.92. The van der Waals surface area contributed by atoms with Gasteiger partial charge in [-0.25, -0.2) is 8.42 Å². The van der Waals surface area contributed by atoms with Crippen molar-refractivity contribution in [2.75, 3.05) is 10.8 Å². The average Bonchev–Trinajstić information content (AvgIpc) is 2.96. The van der Waals surface area contributed by atoms with Crippen LogP contribution in [0.2, 0.25) is 10.0 Å².